The van der Waals surface area contributed by atoms with Crippen molar-refractivity contribution in [3.05, 3.63) is 65.5 Å². The number of carbonyl (C=O) groups is 1. The number of carbonyl (C=O) groups excluding carboxylic acids is 1. The average molecular weight is 414 g/mol. The number of para-hydroxylation sites is 2. The minimum absolute atomic E-state index is 0.00692. The number of aromatic amines is 1. The van der Waals surface area contributed by atoms with Crippen LogP contribution in [0.3, 0.4) is 0 Å². The summed E-state index contributed by atoms with van der Waals surface area (Å²) in [6, 6.07) is 11.6. The molecule has 0 radical (unpaired) electrons. The van der Waals surface area contributed by atoms with Gasteiger partial charge in [-0.25, -0.2) is 9.78 Å². The largest absolute Gasteiger partial charge is 0.416 e. The van der Waals surface area contributed by atoms with Crippen molar-refractivity contribution in [1.29, 1.82) is 0 Å². The minimum atomic E-state index is -4.42. The smallest absolute Gasteiger partial charge is 0.340 e. The highest BCUT2D eigenvalue weighted by atomic mass is 19.4. The Hall–Kier alpha value is -3.47. The molecule has 2 amide bonds. The highest BCUT2D eigenvalue weighted by Gasteiger charge is 2.30. The first-order valence-corrected chi connectivity index (χ1v) is 9.39. The van der Waals surface area contributed by atoms with Gasteiger partial charge in [0.05, 0.1) is 29.2 Å². The zero-order valence-electron chi connectivity index (χ0n) is 16.5. The van der Waals surface area contributed by atoms with Gasteiger partial charge in [0.15, 0.2) is 0 Å². The van der Waals surface area contributed by atoms with Crippen molar-refractivity contribution < 1.29 is 18.0 Å². The SMILES string of the molecule is CC(C)C(NC(=O)NCC#Cc1cccc(C(F)(F)F)c1)c1nc2ccccc2[nH]1. The van der Waals surface area contributed by atoms with Gasteiger partial charge in [0.25, 0.3) is 0 Å². The molecule has 8 heteroatoms. The van der Waals surface area contributed by atoms with Crippen molar-refractivity contribution in [1.82, 2.24) is 20.6 Å². The van der Waals surface area contributed by atoms with Gasteiger partial charge in [-0.05, 0) is 36.2 Å². The first-order valence-electron chi connectivity index (χ1n) is 9.39. The molecule has 0 aliphatic heterocycles. The molecule has 3 N–H and O–H groups in total. The van der Waals surface area contributed by atoms with Crippen molar-refractivity contribution in [3.8, 4) is 11.8 Å². The number of rotatable bonds is 4. The third kappa shape index (κ3) is 5.32. The quantitative estimate of drug-likeness (QED) is 0.545. The van der Waals surface area contributed by atoms with E-state index >= 15 is 0 Å². The van der Waals surface area contributed by atoms with Crippen LogP contribution in [0.4, 0.5) is 18.0 Å². The molecule has 5 nitrogen and oxygen atoms in total. The van der Waals surface area contributed by atoms with Gasteiger partial charge in [-0.3, -0.25) is 0 Å². The molecule has 0 aliphatic rings. The van der Waals surface area contributed by atoms with Crippen LogP contribution in [0, 0.1) is 17.8 Å². The summed E-state index contributed by atoms with van der Waals surface area (Å²) >= 11 is 0. The average Bonchev–Trinajstić information content (AvgIpc) is 3.12. The zero-order valence-corrected chi connectivity index (χ0v) is 16.5. The molecule has 1 unspecified atom stereocenters. The number of hydrogen-bond donors (Lipinski definition) is 3. The standard InChI is InChI=1S/C22H21F3N4O/c1-14(2)19(20-27-17-10-3-4-11-18(17)28-20)29-21(30)26-12-6-8-15-7-5-9-16(13-15)22(23,24)25/h3-5,7,9-11,13-14,19H,12H2,1-2H3,(H,27,28)(H2,26,29,30). The molecule has 0 bridgehead atoms. The highest BCUT2D eigenvalue weighted by molar-refractivity contribution is 5.76. The number of H-pyrrole nitrogens is 1. The summed E-state index contributed by atoms with van der Waals surface area (Å²) in [5, 5.41) is 5.46. The van der Waals surface area contributed by atoms with E-state index in [2.05, 4.69) is 32.4 Å². The fraction of sp³-hybridized carbons (Fsp3) is 0.273. The molecule has 0 aliphatic carbocycles. The number of fused-ring (bicyclic) bond motifs is 1. The summed E-state index contributed by atoms with van der Waals surface area (Å²) in [5.74, 6) is 6.02. The number of halogens is 3. The van der Waals surface area contributed by atoms with Crippen LogP contribution < -0.4 is 10.6 Å². The van der Waals surface area contributed by atoms with E-state index in [1.807, 2.05) is 38.1 Å². The third-order valence-electron chi connectivity index (χ3n) is 4.42. The Labute approximate surface area is 172 Å². The summed E-state index contributed by atoms with van der Waals surface area (Å²) in [6.07, 6.45) is -4.42. The number of alkyl halides is 3. The van der Waals surface area contributed by atoms with E-state index in [0.717, 1.165) is 23.2 Å². The lowest BCUT2D eigenvalue weighted by molar-refractivity contribution is -0.137. The fourth-order valence-corrected chi connectivity index (χ4v) is 2.91. The van der Waals surface area contributed by atoms with Gasteiger partial charge < -0.3 is 15.6 Å². The van der Waals surface area contributed by atoms with Crippen molar-refractivity contribution in [2.24, 2.45) is 5.92 Å². The van der Waals surface area contributed by atoms with E-state index in [1.165, 1.54) is 12.1 Å². The van der Waals surface area contributed by atoms with Gasteiger partial charge in [0.2, 0.25) is 0 Å². The second-order valence-electron chi connectivity index (χ2n) is 7.07. The molecule has 156 valence electrons. The van der Waals surface area contributed by atoms with Crippen molar-refractivity contribution in [2.45, 2.75) is 26.1 Å². The summed E-state index contributed by atoms with van der Waals surface area (Å²) in [7, 11) is 0. The van der Waals surface area contributed by atoms with Gasteiger partial charge in [-0.2, -0.15) is 13.2 Å². The molecular formula is C22H21F3N4O. The lowest BCUT2D eigenvalue weighted by Crippen LogP contribution is -2.40. The van der Waals surface area contributed by atoms with Gasteiger partial charge in [0, 0.05) is 5.56 Å². The predicted octanol–water partition coefficient (Wildman–Crippen LogP) is 4.63. The van der Waals surface area contributed by atoms with E-state index in [9.17, 15) is 18.0 Å². The second kappa shape index (κ2) is 8.91. The van der Waals surface area contributed by atoms with Crippen LogP contribution in [-0.2, 0) is 6.18 Å². The van der Waals surface area contributed by atoms with Gasteiger partial charge in [0.1, 0.15) is 5.82 Å². The molecule has 0 fully saturated rings. The Balaban J connectivity index is 1.60. The first-order chi connectivity index (χ1) is 14.2. The molecule has 0 saturated carbocycles. The maximum atomic E-state index is 12.7. The Morgan fingerprint density at radius 3 is 2.63 bits per heavy atom. The molecule has 30 heavy (non-hydrogen) atoms. The van der Waals surface area contributed by atoms with E-state index in [-0.39, 0.29) is 24.1 Å². The molecule has 3 rings (SSSR count). The summed E-state index contributed by atoms with van der Waals surface area (Å²) in [6.45, 7) is 3.92. The minimum Gasteiger partial charge on any atom is -0.340 e. The Morgan fingerprint density at radius 1 is 1.17 bits per heavy atom. The molecule has 1 atom stereocenters. The van der Waals surface area contributed by atoms with E-state index in [4.69, 9.17) is 0 Å². The molecular weight excluding hydrogens is 393 g/mol. The number of urea groups is 1. The van der Waals surface area contributed by atoms with E-state index in [1.54, 1.807) is 0 Å². The molecule has 3 aromatic rings. The molecule has 1 aromatic heterocycles. The van der Waals surface area contributed by atoms with Crippen LogP contribution in [0.25, 0.3) is 11.0 Å². The Kier molecular flexibility index (Phi) is 6.31. The molecule has 0 saturated heterocycles. The van der Waals surface area contributed by atoms with Gasteiger partial charge in [-0.15, -0.1) is 0 Å². The Morgan fingerprint density at radius 2 is 1.93 bits per heavy atom. The lowest BCUT2D eigenvalue weighted by Gasteiger charge is -2.20. The Bertz CT molecular complexity index is 1060. The molecule has 0 spiro atoms. The van der Waals surface area contributed by atoms with Crippen LogP contribution in [0.15, 0.2) is 48.5 Å². The van der Waals surface area contributed by atoms with Crippen LogP contribution in [0.5, 0.6) is 0 Å². The monoisotopic (exact) mass is 414 g/mol. The third-order valence-corrected chi connectivity index (χ3v) is 4.42. The van der Waals surface area contributed by atoms with Crippen molar-refractivity contribution in [2.75, 3.05) is 6.54 Å². The normalized spacial score (nSPS) is 12.3. The topological polar surface area (TPSA) is 69.8 Å². The van der Waals surface area contributed by atoms with Crippen LogP contribution in [0.2, 0.25) is 0 Å². The first kappa shape index (κ1) is 21.2. The summed E-state index contributed by atoms with van der Waals surface area (Å²) in [4.78, 5) is 20.0. The van der Waals surface area contributed by atoms with Crippen LogP contribution in [-0.4, -0.2) is 22.5 Å². The highest BCUT2D eigenvalue weighted by Crippen LogP contribution is 2.29. The number of imidazole rings is 1. The zero-order chi connectivity index (χ0) is 21.7. The second-order valence-corrected chi connectivity index (χ2v) is 7.07. The van der Waals surface area contributed by atoms with Crippen molar-refractivity contribution >= 4 is 17.1 Å². The molecule has 1 heterocycles. The maximum Gasteiger partial charge on any atom is 0.416 e. The number of hydrogen-bond acceptors (Lipinski definition) is 2. The van der Waals surface area contributed by atoms with Crippen LogP contribution in [0.1, 0.15) is 36.8 Å². The number of benzene rings is 2. The number of aromatic nitrogens is 2. The van der Waals surface area contributed by atoms with Crippen LogP contribution >= 0.6 is 0 Å². The fourth-order valence-electron chi connectivity index (χ4n) is 2.91. The van der Waals surface area contributed by atoms with E-state index in [0.29, 0.717) is 5.82 Å². The number of nitrogens with one attached hydrogen (secondary N) is 3. The van der Waals surface area contributed by atoms with E-state index < -0.39 is 17.8 Å². The number of amides is 2. The van der Waals surface area contributed by atoms with Crippen molar-refractivity contribution in [3.63, 3.8) is 0 Å². The lowest BCUT2D eigenvalue weighted by atomic mass is 10.0. The van der Waals surface area contributed by atoms with Gasteiger partial charge >= 0.3 is 12.2 Å². The summed E-state index contributed by atoms with van der Waals surface area (Å²) in [5.41, 5.74) is 1.17. The maximum absolute atomic E-state index is 12.7. The predicted molar refractivity (Wildman–Crippen MR) is 109 cm³/mol. The van der Waals surface area contributed by atoms with Gasteiger partial charge in [-0.1, -0.05) is 43.9 Å². The summed E-state index contributed by atoms with van der Waals surface area (Å²) < 4.78 is 38.2. The molecule has 2 aromatic carbocycles. The number of nitrogens with zero attached hydrogens (tertiary/aromatic N) is 1.